The van der Waals surface area contributed by atoms with E-state index in [9.17, 15) is 9.59 Å². The van der Waals surface area contributed by atoms with E-state index in [2.05, 4.69) is 10.6 Å². The van der Waals surface area contributed by atoms with Crippen LogP contribution in [0.1, 0.15) is 17.3 Å². The van der Waals surface area contributed by atoms with Gasteiger partial charge in [-0.2, -0.15) is 0 Å². The molecule has 0 spiro atoms. The van der Waals surface area contributed by atoms with Gasteiger partial charge >= 0.3 is 5.97 Å². The van der Waals surface area contributed by atoms with Crippen molar-refractivity contribution in [1.82, 2.24) is 0 Å². The highest BCUT2D eigenvalue weighted by Crippen LogP contribution is 2.18. The van der Waals surface area contributed by atoms with Crippen LogP contribution < -0.4 is 15.4 Å². The fraction of sp³-hybridized carbons (Fsp3) is 0.222. The minimum atomic E-state index is -0.926. The third-order valence-electron chi connectivity index (χ3n) is 3.43. The summed E-state index contributed by atoms with van der Waals surface area (Å²) in [7, 11) is 3.28. The molecule has 0 radical (unpaired) electrons. The molecule has 0 aliphatic rings. The summed E-state index contributed by atoms with van der Waals surface area (Å²) in [6.45, 7) is 1.53. The predicted octanol–water partition coefficient (Wildman–Crippen LogP) is 2.92. The molecule has 2 aromatic rings. The largest absolute Gasteiger partial charge is 0.497 e. The molecule has 0 saturated heterocycles. The zero-order valence-electron chi connectivity index (χ0n) is 13.8. The van der Waals surface area contributed by atoms with Gasteiger partial charge in [0.15, 0.2) is 6.10 Å². The lowest BCUT2D eigenvalue weighted by Gasteiger charge is -2.15. The van der Waals surface area contributed by atoms with Gasteiger partial charge in [0.2, 0.25) is 0 Å². The number of rotatable bonds is 6. The predicted molar refractivity (Wildman–Crippen MR) is 92.5 cm³/mol. The number of nitrogens with one attached hydrogen (secondary N) is 2. The number of carbonyl (C=O) groups excluding carboxylic acids is 2. The highest BCUT2D eigenvalue weighted by Gasteiger charge is 2.20. The Labute approximate surface area is 140 Å². The third-order valence-corrected chi connectivity index (χ3v) is 3.43. The number of hydrogen-bond donors (Lipinski definition) is 2. The second kappa shape index (κ2) is 8.01. The van der Waals surface area contributed by atoms with Crippen LogP contribution in [0.4, 0.5) is 11.4 Å². The maximum atomic E-state index is 12.2. The van der Waals surface area contributed by atoms with E-state index in [0.29, 0.717) is 22.7 Å². The van der Waals surface area contributed by atoms with Crippen molar-refractivity contribution in [1.29, 1.82) is 0 Å². The molecule has 0 aromatic heterocycles. The Morgan fingerprint density at radius 2 is 1.71 bits per heavy atom. The molecule has 1 unspecified atom stereocenters. The second-order valence-electron chi connectivity index (χ2n) is 5.06. The summed E-state index contributed by atoms with van der Waals surface area (Å²) in [5.41, 5.74) is 1.62. The van der Waals surface area contributed by atoms with E-state index >= 15 is 0 Å². The van der Waals surface area contributed by atoms with Gasteiger partial charge in [0.05, 0.1) is 12.7 Å². The third kappa shape index (κ3) is 4.25. The standard InChI is InChI=1S/C18H20N2O4/c1-12(17(21)20-13-8-10-14(23-3)11-9-13)24-18(22)15-6-4-5-7-16(15)19-2/h4-12,19H,1-3H3,(H,20,21). The summed E-state index contributed by atoms with van der Waals surface area (Å²) in [6, 6.07) is 13.8. The van der Waals surface area contributed by atoms with Crippen molar-refractivity contribution in [2.75, 3.05) is 24.8 Å². The Kier molecular flexibility index (Phi) is 5.78. The topological polar surface area (TPSA) is 76.7 Å². The molecule has 0 bridgehead atoms. The fourth-order valence-corrected chi connectivity index (χ4v) is 2.07. The van der Waals surface area contributed by atoms with E-state index in [0.717, 1.165) is 0 Å². The summed E-state index contributed by atoms with van der Waals surface area (Å²) >= 11 is 0. The Morgan fingerprint density at radius 3 is 2.33 bits per heavy atom. The van der Waals surface area contributed by atoms with Crippen molar-refractivity contribution < 1.29 is 19.1 Å². The van der Waals surface area contributed by atoms with Gasteiger partial charge < -0.3 is 20.1 Å². The average Bonchev–Trinajstić information content (AvgIpc) is 2.62. The van der Waals surface area contributed by atoms with Gasteiger partial charge in [-0.05, 0) is 43.3 Å². The van der Waals surface area contributed by atoms with Crippen LogP contribution in [-0.2, 0) is 9.53 Å². The summed E-state index contributed by atoms with van der Waals surface area (Å²) < 4.78 is 10.3. The van der Waals surface area contributed by atoms with E-state index < -0.39 is 18.0 Å². The van der Waals surface area contributed by atoms with Gasteiger partial charge in [-0.15, -0.1) is 0 Å². The van der Waals surface area contributed by atoms with Crippen LogP contribution in [-0.4, -0.2) is 32.1 Å². The number of carbonyl (C=O) groups is 2. The molecule has 6 heteroatoms. The Hall–Kier alpha value is -3.02. The number of ether oxygens (including phenoxy) is 2. The minimum Gasteiger partial charge on any atom is -0.497 e. The van der Waals surface area contributed by atoms with Crippen LogP contribution in [0.25, 0.3) is 0 Å². The molecule has 126 valence electrons. The number of amides is 1. The molecule has 1 amide bonds. The van der Waals surface area contributed by atoms with Crippen molar-refractivity contribution >= 4 is 23.3 Å². The Balaban J connectivity index is 1.98. The normalized spacial score (nSPS) is 11.3. The van der Waals surface area contributed by atoms with E-state index in [-0.39, 0.29) is 0 Å². The van der Waals surface area contributed by atoms with Gasteiger partial charge in [0.1, 0.15) is 5.75 Å². The van der Waals surface area contributed by atoms with Crippen LogP contribution in [0.3, 0.4) is 0 Å². The number of methoxy groups -OCH3 is 1. The molecule has 2 N–H and O–H groups in total. The molecular formula is C18H20N2O4. The SMILES string of the molecule is CNc1ccccc1C(=O)OC(C)C(=O)Nc1ccc(OC)cc1. The molecular weight excluding hydrogens is 308 g/mol. The van der Waals surface area contributed by atoms with Crippen molar-refractivity contribution in [3.8, 4) is 5.75 Å². The summed E-state index contributed by atoms with van der Waals surface area (Å²) in [4.78, 5) is 24.4. The Bertz CT molecular complexity index is 713. The fourth-order valence-electron chi connectivity index (χ4n) is 2.07. The first-order valence-corrected chi connectivity index (χ1v) is 7.48. The lowest BCUT2D eigenvalue weighted by atomic mass is 10.2. The highest BCUT2D eigenvalue weighted by molar-refractivity contribution is 5.99. The maximum Gasteiger partial charge on any atom is 0.341 e. The number of para-hydroxylation sites is 1. The molecule has 1 atom stereocenters. The first-order chi connectivity index (χ1) is 11.5. The quantitative estimate of drug-likeness (QED) is 0.797. The number of benzene rings is 2. The molecule has 0 fully saturated rings. The van der Waals surface area contributed by atoms with Gasteiger partial charge in [-0.25, -0.2) is 4.79 Å². The molecule has 0 aliphatic heterocycles. The van der Waals surface area contributed by atoms with Crippen molar-refractivity contribution in [3.05, 3.63) is 54.1 Å². The lowest BCUT2D eigenvalue weighted by Crippen LogP contribution is -2.30. The first kappa shape index (κ1) is 17.3. The van der Waals surface area contributed by atoms with E-state index in [1.54, 1.807) is 56.6 Å². The summed E-state index contributed by atoms with van der Waals surface area (Å²) in [6.07, 6.45) is -0.926. The van der Waals surface area contributed by atoms with E-state index in [1.807, 2.05) is 6.07 Å². The van der Waals surface area contributed by atoms with Crippen molar-refractivity contribution in [2.24, 2.45) is 0 Å². The molecule has 0 aliphatic carbocycles. The number of hydrogen-bond acceptors (Lipinski definition) is 5. The van der Waals surface area contributed by atoms with Crippen LogP contribution in [0, 0.1) is 0 Å². The van der Waals surface area contributed by atoms with Gasteiger partial charge in [-0.1, -0.05) is 12.1 Å². The number of anilines is 2. The van der Waals surface area contributed by atoms with Crippen LogP contribution in [0.15, 0.2) is 48.5 Å². The van der Waals surface area contributed by atoms with Crippen molar-refractivity contribution in [3.63, 3.8) is 0 Å². The summed E-state index contributed by atoms with van der Waals surface area (Å²) in [5.74, 6) is -0.274. The highest BCUT2D eigenvalue weighted by atomic mass is 16.5. The minimum absolute atomic E-state index is 0.379. The second-order valence-corrected chi connectivity index (χ2v) is 5.06. The molecule has 2 rings (SSSR count). The first-order valence-electron chi connectivity index (χ1n) is 7.48. The van der Waals surface area contributed by atoms with E-state index in [4.69, 9.17) is 9.47 Å². The van der Waals surface area contributed by atoms with Crippen molar-refractivity contribution in [2.45, 2.75) is 13.0 Å². The zero-order valence-corrected chi connectivity index (χ0v) is 13.8. The average molecular weight is 328 g/mol. The maximum absolute atomic E-state index is 12.2. The van der Waals surface area contributed by atoms with Crippen LogP contribution >= 0.6 is 0 Å². The Morgan fingerprint density at radius 1 is 1.04 bits per heavy atom. The van der Waals surface area contributed by atoms with Crippen LogP contribution in [0.2, 0.25) is 0 Å². The molecule has 0 saturated carbocycles. The van der Waals surface area contributed by atoms with Gasteiger partial charge in [0, 0.05) is 18.4 Å². The monoisotopic (exact) mass is 328 g/mol. The number of esters is 1. The van der Waals surface area contributed by atoms with Gasteiger partial charge in [-0.3, -0.25) is 4.79 Å². The van der Waals surface area contributed by atoms with Crippen LogP contribution in [0.5, 0.6) is 5.75 Å². The molecule has 24 heavy (non-hydrogen) atoms. The molecule has 6 nitrogen and oxygen atoms in total. The zero-order chi connectivity index (χ0) is 17.5. The molecule has 2 aromatic carbocycles. The van der Waals surface area contributed by atoms with Gasteiger partial charge in [0.25, 0.3) is 5.91 Å². The lowest BCUT2D eigenvalue weighted by molar-refractivity contribution is -0.123. The summed E-state index contributed by atoms with van der Waals surface area (Å²) in [5, 5.41) is 5.61. The van der Waals surface area contributed by atoms with E-state index in [1.165, 1.54) is 6.92 Å². The molecule has 0 heterocycles. The smallest absolute Gasteiger partial charge is 0.341 e.